The van der Waals surface area contributed by atoms with Crippen molar-refractivity contribution in [3.05, 3.63) is 42.7 Å². The van der Waals surface area contributed by atoms with Crippen molar-refractivity contribution < 1.29 is 27.5 Å². The Balaban J connectivity index is 1.10. The van der Waals surface area contributed by atoms with Gasteiger partial charge in [-0.1, -0.05) is 6.07 Å². The van der Waals surface area contributed by atoms with Gasteiger partial charge in [-0.15, -0.1) is 0 Å². The molecule has 2 aromatic heterocycles. The number of anilines is 1. The fourth-order valence-corrected chi connectivity index (χ4v) is 6.84. The standard InChI is InChI=1S/C33H46N6O6S/c1-37(2)18-16-31(40)45-26-13-19-38(20-14-26)32(41)24-8-10-25(11-9-24)35-33-34-17-12-30(36-33)39-21-15-27-28(39)6-4-7-29(27)44-22-5-23-46(3,42)43/h4,6-7,12,15,17,21,24-26H,5,8-11,13-14,16,18-20,22-23H2,1-3H3,(H,34,35,36)/t24-,25-. The van der Waals surface area contributed by atoms with Crippen molar-refractivity contribution in [1.82, 2.24) is 24.3 Å². The number of fused-ring (bicyclic) bond motifs is 1. The van der Waals surface area contributed by atoms with Gasteiger partial charge in [0, 0.05) is 68.5 Å². The lowest BCUT2D eigenvalue weighted by Crippen LogP contribution is -2.45. The van der Waals surface area contributed by atoms with Gasteiger partial charge >= 0.3 is 5.97 Å². The number of hydrogen-bond donors (Lipinski definition) is 1. The summed E-state index contributed by atoms with van der Waals surface area (Å²) in [6, 6.07) is 9.79. The normalized spacial score (nSPS) is 19.3. The minimum Gasteiger partial charge on any atom is -0.493 e. The molecule has 2 fully saturated rings. The summed E-state index contributed by atoms with van der Waals surface area (Å²) in [6.07, 6.45) is 10.3. The first kappa shape index (κ1) is 33.6. The Hall–Kier alpha value is -3.71. The Kier molecular flexibility index (Phi) is 11.2. The number of likely N-dealkylation sites (tertiary alicyclic amines) is 1. The maximum absolute atomic E-state index is 13.3. The number of benzene rings is 1. The first-order valence-corrected chi connectivity index (χ1v) is 18.3. The van der Waals surface area contributed by atoms with Crippen LogP contribution in [-0.2, 0) is 24.2 Å². The molecule has 13 heteroatoms. The van der Waals surface area contributed by atoms with Crippen molar-refractivity contribution in [3.63, 3.8) is 0 Å². The number of sulfone groups is 1. The highest BCUT2D eigenvalue weighted by Gasteiger charge is 2.32. The van der Waals surface area contributed by atoms with E-state index < -0.39 is 9.84 Å². The zero-order valence-electron chi connectivity index (χ0n) is 27.1. The van der Waals surface area contributed by atoms with Crippen molar-refractivity contribution in [2.45, 2.75) is 63.5 Å². The van der Waals surface area contributed by atoms with Crippen LogP contribution in [0, 0.1) is 5.92 Å². The number of nitrogens with zero attached hydrogens (tertiary/aromatic N) is 5. The van der Waals surface area contributed by atoms with E-state index in [0.717, 1.165) is 42.4 Å². The van der Waals surface area contributed by atoms with Gasteiger partial charge in [0.1, 0.15) is 27.5 Å². The molecule has 0 radical (unpaired) electrons. The van der Waals surface area contributed by atoms with Gasteiger partial charge in [-0.05, 0) is 70.5 Å². The van der Waals surface area contributed by atoms with Gasteiger partial charge in [-0.3, -0.25) is 9.59 Å². The number of rotatable bonds is 13. The smallest absolute Gasteiger partial charge is 0.307 e. The minimum atomic E-state index is -3.02. The summed E-state index contributed by atoms with van der Waals surface area (Å²) in [7, 11) is 0.844. The summed E-state index contributed by atoms with van der Waals surface area (Å²) in [5.74, 6) is 2.12. The van der Waals surface area contributed by atoms with Gasteiger partial charge in [0.15, 0.2) is 0 Å². The number of nitrogens with one attached hydrogen (secondary N) is 1. The van der Waals surface area contributed by atoms with Crippen LogP contribution >= 0.6 is 0 Å². The molecule has 46 heavy (non-hydrogen) atoms. The highest BCUT2D eigenvalue weighted by Crippen LogP contribution is 2.31. The maximum Gasteiger partial charge on any atom is 0.307 e. The third kappa shape index (κ3) is 9.18. The van der Waals surface area contributed by atoms with Gasteiger partial charge in [0.2, 0.25) is 11.9 Å². The lowest BCUT2D eigenvalue weighted by atomic mass is 9.85. The van der Waals surface area contributed by atoms with E-state index in [0.29, 0.717) is 63.6 Å². The van der Waals surface area contributed by atoms with E-state index in [-0.39, 0.29) is 35.7 Å². The predicted molar refractivity (Wildman–Crippen MR) is 177 cm³/mol. The number of hydrogen-bond acceptors (Lipinski definition) is 10. The highest BCUT2D eigenvalue weighted by molar-refractivity contribution is 7.90. The second-order valence-electron chi connectivity index (χ2n) is 12.7. The Morgan fingerprint density at radius 1 is 1.04 bits per heavy atom. The molecular formula is C33H46N6O6S. The zero-order chi connectivity index (χ0) is 32.7. The Bertz CT molecular complexity index is 1590. The fraction of sp³-hybridized carbons (Fsp3) is 0.576. The Morgan fingerprint density at radius 3 is 2.52 bits per heavy atom. The van der Waals surface area contributed by atoms with Crippen LogP contribution in [0.25, 0.3) is 16.7 Å². The molecule has 0 unspecified atom stereocenters. The molecule has 0 spiro atoms. The molecule has 1 saturated carbocycles. The van der Waals surface area contributed by atoms with Crippen LogP contribution in [-0.4, -0.2) is 109 Å². The second kappa shape index (κ2) is 15.3. The SMILES string of the molecule is CN(C)CCC(=O)OC1CCN(C(=O)[C@H]2CC[C@H](Nc3nccc(-n4ccc5c(OCCCS(C)(=O)=O)cccc54)n3)CC2)CC1. The van der Waals surface area contributed by atoms with E-state index in [9.17, 15) is 18.0 Å². The number of carbonyl (C=O) groups excluding carboxylic acids is 2. The molecule has 3 heterocycles. The number of piperidine rings is 1. The highest BCUT2D eigenvalue weighted by atomic mass is 32.2. The average Bonchev–Trinajstić information content (AvgIpc) is 3.47. The molecule has 2 aliphatic rings. The fourth-order valence-electron chi connectivity index (χ4n) is 6.20. The van der Waals surface area contributed by atoms with Crippen molar-refractivity contribution in [2.75, 3.05) is 57.7 Å². The topological polar surface area (TPSA) is 136 Å². The molecule has 1 N–H and O–H groups in total. The Labute approximate surface area is 271 Å². The minimum absolute atomic E-state index is 0.0125. The molecule has 12 nitrogen and oxygen atoms in total. The van der Waals surface area contributed by atoms with Crippen LogP contribution in [0.2, 0.25) is 0 Å². The molecule has 5 rings (SSSR count). The number of carbonyl (C=O) groups is 2. The molecule has 3 aromatic rings. The largest absolute Gasteiger partial charge is 0.493 e. The average molecular weight is 655 g/mol. The van der Waals surface area contributed by atoms with Crippen LogP contribution in [0.5, 0.6) is 5.75 Å². The van der Waals surface area contributed by atoms with E-state index in [1.807, 2.05) is 65.0 Å². The molecule has 1 aliphatic carbocycles. The van der Waals surface area contributed by atoms with Gasteiger partial charge in [0.05, 0.1) is 24.3 Å². The van der Waals surface area contributed by atoms with E-state index in [4.69, 9.17) is 14.5 Å². The number of aromatic nitrogens is 3. The third-order valence-electron chi connectivity index (χ3n) is 8.72. The molecule has 0 bridgehead atoms. The van der Waals surface area contributed by atoms with Crippen molar-refractivity contribution in [3.8, 4) is 11.6 Å². The lowest BCUT2D eigenvalue weighted by Gasteiger charge is -2.36. The van der Waals surface area contributed by atoms with E-state index in [1.54, 1.807) is 6.20 Å². The first-order valence-electron chi connectivity index (χ1n) is 16.2. The van der Waals surface area contributed by atoms with Crippen molar-refractivity contribution >= 4 is 38.6 Å². The Morgan fingerprint density at radius 2 is 1.80 bits per heavy atom. The number of ether oxygens (including phenoxy) is 2. The van der Waals surface area contributed by atoms with Crippen LogP contribution in [0.15, 0.2) is 42.7 Å². The molecule has 1 amide bonds. The molecule has 1 aliphatic heterocycles. The molecule has 1 saturated heterocycles. The summed E-state index contributed by atoms with van der Waals surface area (Å²) in [5.41, 5.74) is 0.927. The van der Waals surface area contributed by atoms with Crippen LogP contribution in [0.4, 0.5) is 5.95 Å². The molecular weight excluding hydrogens is 608 g/mol. The van der Waals surface area contributed by atoms with E-state index in [2.05, 4.69) is 10.3 Å². The zero-order valence-corrected chi connectivity index (χ0v) is 27.9. The van der Waals surface area contributed by atoms with Crippen LogP contribution < -0.4 is 10.1 Å². The molecule has 250 valence electrons. The second-order valence-corrected chi connectivity index (χ2v) is 15.0. The van der Waals surface area contributed by atoms with E-state index >= 15 is 0 Å². The third-order valence-corrected chi connectivity index (χ3v) is 9.75. The van der Waals surface area contributed by atoms with Gasteiger partial charge < -0.3 is 29.2 Å². The van der Waals surface area contributed by atoms with Gasteiger partial charge in [0.25, 0.3) is 0 Å². The summed E-state index contributed by atoms with van der Waals surface area (Å²) < 4.78 is 36.4. The van der Waals surface area contributed by atoms with Gasteiger partial charge in [-0.2, -0.15) is 4.98 Å². The summed E-state index contributed by atoms with van der Waals surface area (Å²) >= 11 is 0. The lowest BCUT2D eigenvalue weighted by molar-refractivity contribution is -0.153. The van der Waals surface area contributed by atoms with Crippen molar-refractivity contribution in [1.29, 1.82) is 0 Å². The molecule has 0 atom stereocenters. The maximum atomic E-state index is 13.3. The van der Waals surface area contributed by atoms with Crippen molar-refractivity contribution in [2.24, 2.45) is 5.92 Å². The number of esters is 1. The quantitative estimate of drug-likeness (QED) is 0.215. The van der Waals surface area contributed by atoms with Gasteiger partial charge in [-0.25, -0.2) is 13.4 Å². The number of amides is 1. The molecule has 1 aromatic carbocycles. The predicted octanol–water partition coefficient (Wildman–Crippen LogP) is 3.69. The van der Waals surface area contributed by atoms with Crippen LogP contribution in [0.1, 0.15) is 51.4 Å². The summed E-state index contributed by atoms with van der Waals surface area (Å²) in [4.78, 5) is 38.5. The summed E-state index contributed by atoms with van der Waals surface area (Å²) in [6.45, 7) is 2.26. The first-order chi connectivity index (χ1) is 22.1. The monoisotopic (exact) mass is 654 g/mol. The van der Waals surface area contributed by atoms with E-state index in [1.165, 1.54) is 6.26 Å². The summed E-state index contributed by atoms with van der Waals surface area (Å²) in [5, 5.41) is 4.40. The van der Waals surface area contributed by atoms with Crippen LogP contribution in [0.3, 0.4) is 0 Å².